The fraction of sp³-hybridized carbons (Fsp3) is 0.667. The van der Waals surface area contributed by atoms with Crippen molar-refractivity contribution < 1.29 is 28.6 Å². The van der Waals surface area contributed by atoms with Crippen LogP contribution in [0.1, 0.15) is 33.6 Å². The van der Waals surface area contributed by atoms with Crippen molar-refractivity contribution in [3.63, 3.8) is 0 Å². The summed E-state index contributed by atoms with van der Waals surface area (Å²) in [4.78, 5) is 33.7. The molecule has 0 rings (SSSR count). The molecule has 7 nitrogen and oxygen atoms in total. The molecule has 0 aromatic heterocycles. The van der Waals surface area contributed by atoms with E-state index in [1.807, 2.05) is 6.92 Å². The zero-order valence-electron chi connectivity index (χ0n) is 13.5. The van der Waals surface area contributed by atoms with Crippen LogP contribution < -0.4 is 5.32 Å². The first kappa shape index (κ1) is 19.9. The van der Waals surface area contributed by atoms with Gasteiger partial charge in [-0.15, -0.1) is 0 Å². The van der Waals surface area contributed by atoms with Gasteiger partial charge in [-0.05, 0) is 13.3 Å². The topological polar surface area (TPSA) is 90.9 Å². The Labute approximate surface area is 131 Å². The molecule has 0 aliphatic carbocycles. The molecule has 0 bridgehead atoms. The minimum Gasteiger partial charge on any atom is -0.465 e. The van der Waals surface area contributed by atoms with Gasteiger partial charge in [-0.3, -0.25) is 4.79 Å². The van der Waals surface area contributed by atoms with Crippen LogP contribution in [0.25, 0.3) is 0 Å². The molecule has 0 aromatic rings. The first-order valence-electron chi connectivity index (χ1n) is 7.28. The maximum absolute atomic E-state index is 11.4. The fourth-order valence-corrected chi connectivity index (χ4v) is 1.18. The van der Waals surface area contributed by atoms with E-state index in [-0.39, 0.29) is 38.3 Å². The maximum atomic E-state index is 11.4. The Morgan fingerprint density at radius 2 is 1.73 bits per heavy atom. The number of hydrogen-bond acceptors (Lipinski definition) is 6. The molecular weight excluding hydrogens is 290 g/mol. The Morgan fingerprint density at radius 3 is 2.32 bits per heavy atom. The van der Waals surface area contributed by atoms with Crippen LogP contribution >= 0.6 is 0 Å². The van der Waals surface area contributed by atoms with Gasteiger partial charge in [0.15, 0.2) is 0 Å². The molecule has 0 radical (unpaired) electrons. The highest BCUT2D eigenvalue weighted by Gasteiger charge is 2.11. The fourth-order valence-electron chi connectivity index (χ4n) is 1.18. The van der Waals surface area contributed by atoms with Crippen molar-refractivity contribution in [3.05, 3.63) is 12.2 Å². The summed E-state index contributed by atoms with van der Waals surface area (Å²) in [6, 6.07) is 0. The van der Waals surface area contributed by atoms with Gasteiger partial charge in [0.2, 0.25) is 0 Å². The Bertz CT molecular complexity index is 393. The third kappa shape index (κ3) is 9.79. The molecular formula is C15H25NO6. The van der Waals surface area contributed by atoms with Crippen LogP contribution in [0.5, 0.6) is 0 Å². The lowest BCUT2D eigenvalue weighted by Gasteiger charge is -2.10. The Morgan fingerprint density at radius 1 is 1.09 bits per heavy atom. The second kappa shape index (κ2) is 11.6. The van der Waals surface area contributed by atoms with Crippen LogP contribution in [0.2, 0.25) is 0 Å². The molecule has 0 fully saturated rings. The first-order chi connectivity index (χ1) is 10.4. The third-order valence-electron chi connectivity index (χ3n) is 2.73. The summed E-state index contributed by atoms with van der Waals surface area (Å²) in [5, 5.41) is 2.43. The first-order valence-corrected chi connectivity index (χ1v) is 7.28. The predicted octanol–water partition coefficient (Wildman–Crippen LogP) is 1.81. The van der Waals surface area contributed by atoms with Gasteiger partial charge < -0.3 is 19.5 Å². The monoisotopic (exact) mass is 315 g/mol. The molecule has 0 spiro atoms. The van der Waals surface area contributed by atoms with Crippen molar-refractivity contribution in [1.29, 1.82) is 0 Å². The zero-order chi connectivity index (χ0) is 17.0. The molecule has 7 heteroatoms. The van der Waals surface area contributed by atoms with Crippen LogP contribution in [0.3, 0.4) is 0 Å². The SMILES string of the molecule is C=C(C)C(=O)OCCNC(=O)OCCCOC(=O)C(C)CC. The summed E-state index contributed by atoms with van der Waals surface area (Å²) in [6.07, 6.45) is 0.549. The second-order valence-electron chi connectivity index (χ2n) is 4.81. The Hall–Kier alpha value is -2.05. The smallest absolute Gasteiger partial charge is 0.407 e. The van der Waals surface area contributed by atoms with E-state index < -0.39 is 12.1 Å². The van der Waals surface area contributed by atoms with Gasteiger partial charge in [0, 0.05) is 12.0 Å². The molecule has 1 unspecified atom stereocenters. The molecule has 0 aliphatic rings. The van der Waals surface area contributed by atoms with Crippen molar-refractivity contribution in [2.75, 3.05) is 26.4 Å². The lowest BCUT2D eigenvalue weighted by molar-refractivity contribution is -0.148. The van der Waals surface area contributed by atoms with Crippen LogP contribution in [0, 0.1) is 5.92 Å². The Balaban J connectivity index is 3.53. The summed E-state index contributed by atoms with van der Waals surface area (Å²) in [7, 11) is 0. The number of amides is 1. The molecule has 0 saturated heterocycles. The number of carbonyl (C=O) groups excluding carboxylic acids is 3. The van der Waals surface area contributed by atoms with Crippen molar-refractivity contribution in [3.8, 4) is 0 Å². The van der Waals surface area contributed by atoms with E-state index in [0.29, 0.717) is 12.0 Å². The predicted molar refractivity (Wildman–Crippen MR) is 80.2 cm³/mol. The van der Waals surface area contributed by atoms with Gasteiger partial charge in [-0.1, -0.05) is 20.4 Å². The summed E-state index contributed by atoms with van der Waals surface area (Å²) in [5.41, 5.74) is 0.300. The van der Waals surface area contributed by atoms with Crippen LogP contribution in [0.4, 0.5) is 4.79 Å². The number of rotatable bonds is 10. The lowest BCUT2D eigenvalue weighted by Crippen LogP contribution is -2.29. The highest BCUT2D eigenvalue weighted by atomic mass is 16.6. The van der Waals surface area contributed by atoms with E-state index >= 15 is 0 Å². The molecule has 0 aliphatic heterocycles. The lowest BCUT2D eigenvalue weighted by atomic mass is 10.1. The van der Waals surface area contributed by atoms with Gasteiger partial charge >= 0.3 is 18.0 Å². The van der Waals surface area contributed by atoms with E-state index in [2.05, 4.69) is 11.9 Å². The molecule has 1 amide bonds. The molecule has 22 heavy (non-hydrogen) atoms. The van der Waals surface area contributed by atoms with E-state index in [1.165, 1.54) is 6.92 Å². The van der Waals surface area contributed by atoms with Crippen molar-refractivity contribution in [2.45, 2.75) is 33.6 Å². The quantitative estimate of drug-likeness (QED) is 0.286. The molecule has 1 N–H and O–H groups in total. The Kier molecular flexibility index (Phi) is 10.5. The normalized spacial score (nSPS) is 11.2. The van der Waals surface area contributed by atoms with E-state index in [4.69, 9.17) is 14.2 Å². The van der Waals surface area contributed by atoms with Crippen LogP contribution in [0.15, 0.2) is 12.2 Å². The van der Waals surface area contributed by atoms with Crippen molar-refractivity contribution >= 4 is 18.0 Å². The number of hydrogen-bond donors (Lipinski definition) is 1. The number of esters is 2. The van der Waals surface area contributed by atoms with E-state index in [9.17, 15) is 14.4 Å². The molecule has 126 valence electrons. The maximum Gasteiger partial charge on any atom is 0.407 e. The number of nitrogens with one attached hydrogen (secondary N) is 1. The van der Waals surface area contributed by atoms with Crippen LogP contribution in [-0.4, -0.2) is 44.4 Å². The average Bonchev–Trinajstić information content (AvgIpc) is 2.49. The van der Waals surface area contributed by atoms with Gasteiger partial charge in [-0.25, -0.2) is 9.59 Å². The summed E-state index contributed by atoms with van der Waals surface area (Å²) < 4.78 is 14.7. The number of alkyl carbamates (subject to hydrolysis) is 1. The van der Waals surface area contributed by atoms with Crippen molar-refractivity contribution in [1.82, 2.24) is 5.32 Å². The highest BCUT2D eigenvalue weighted by molar-refractivity contribution is 5.86. The van der Waals surface area contributed by atoms with Gasteiger partial charge in [0.05, 0.1) is 25.7 Å². The van der Waals surface area contributed by atoms with E-state index in [1.54, 1.807) is 6.92 Å². The van der Waals surface area contributed by atoms with Crippen LogP contribution in [-0.2, 0) is 23.8 Å². The average molecular weight is 315 g/mol. The van der Waals surface area contributed by atoms with E-state index in [0.717, 1.165) is 6.42 Å². The second-order valence-corrected chi connectivity index (χ2v) is 4.81. The molecule has 1 atom stereocenters. The molecule has 0 aromatic carbocycles. The largest absolute Gasteiger partial charge is 0.465 e. The van der Waals surface area contributed by atoms with Gasteiger partial charge in [-0.2, -0.15) is 0 Å². The summed E-state index contributed by atoms with van der Waals surface area (Å²) in [6.45, 7) is 9.24. The van der Waals surface area contributed by atoms with Gasteiger partial charge in [0.1, 0.15) is 6.61 Å². The molecule has 0 saturated carbocycles. The van der Waals surface area contributed by atoms with Gasteiger partial charge in [0.25, 0.3) is 0 Å². The number of carbonyl (C=O) groups is 3. The zero-order valence-corrected chi connectivity index (χ0v) is 13.5. The summed E-state index contributed by atoms with van der Waals surface area (Å²) in [5.74, 6) is -0.865. The number of ether oxygens (including phenoxy) is 3. The minimum atomic E-state index is -0.611. The van der Waals surface area contributed by atoms with Crippen molar-refractivity contribution in [2.24, 2.45) is 5.92 Å². The molecule has 0 heterocycles. The highest BCUT2D eigenvalue weighted by Crippen LogP contribution is 2.03. The standard InChI is InChI=1S/C15H25NO6/c1-5-12(4)14(18)20-8-6-9-22-15(19)16-7-10-21-13(17)11(2)3/h12H,2,5-10H2,1,3-4H3,(H,16,19). The minimum absolute atomic E-state index is 0.0489. The summed E-state index contributed by atoms with van der Waals surface area (Å²) >= 11 is 0. The third-order valence-corrected chi connectivity index (χ3v) is 2.73.